The largest absolute Gasteiger partial charge is 0.342 e. The van der Waals surface area contributed by atoms with E-state index in [4.69, 9.17) is 0 Å². The molecule has 0 amide bonds. The van der Waals surface area contributed by atoms with Crippen LogP contribution >= 0.6 is 11.8 Å². The van der Waals surface area contributed by atoms with Gasteiger partial charge >= 0.3 is 0 Å². The number of imidazole rings is 1. The third-order valence-corrected chi connectivity index (χ3v) is 3.93. The Morgan fingerprint density at radius 1 is 1.05 bits per heavy atom. The van der Waals surface area contributed by atoms with E-state index in [0.29, 0.717) is 0 Å². The number of nitrogens with one attached hydrogen (secondary N) is 1. The quantitative estimate of drug-likeness (QED) is 0.724. The molecule has 96 valence electrons. The standard InChI is InChI=1S/C14H14N4S/c1-2-4-11(5-3-1)8-19-7-6-12-13-14(17-9-15-12)18-10-16-13/h1-5,9-10H,6-8H2,(H,15,16,17,18). The minimum atomic E-state index is 0.748. The number of H-pyrrole nitrogens is 1. The van der Waals surface area contributed by atoms with Gasteiger partial charge in [-0.3, -0.25) is 0 Å². The number of nitrogens with zero attached hydrogens (tertiary/aromatic N) is 3. The van der Waals surface area contributed by atoms with Crippen LogP contribution in [0.4, 0.5) is 0 Å². The molecule has 3 aromatic rings. The van der Waals surface area contributed by atoms with E-state index in [9.17, 15) is 0 Å². The molecule has 0 aliphatic rings. The molecular formula is C14H14N4S. The van der Waals surface area contributed by atoms with Gasteiger partial charge < -0.3 is 4.98 Å². The Balaban J connectivity index is 1.57. The highest BCUT2D eigenvalue weighted by Crippen LogP contribution is 2.15. The van der Waals surface area contributed by atoms with E-state index in [0.717, 1.165) is 34.8 Å². The lowest BCUT2D eigenvalue weighted by molar-refractivity contribution is 1.03. The highest BCUT2D eigenvalue weighted by molar-refractivity contribution is 7.98. The summed E-state index contributed by atoms with van der Waals surface area (Å²) in [6.07, 6.45) is 4.18. The van der Waals surface area contributed by atoms with E-state index in [1.54, 1.807) is 12.7 Å². The van der Waals surface area contributed by atoms with E-state index < -0.39 is 0 Å². The van der Waals surface area contributed by atoms with E-state index >= 15 is 0 Å². The molecule has 0 bridgehead atoms. The van der Waals surface area contributed by atoms with Crippen molar-refractivity contribution in [1.82, 2.24) is 19.9 Å². The molecule has 4 nitrogen and oxygen atoms in total. The first kappa shape index (κ1) is 12.2. The Bertz CT molecular complexity index is 651. The molecule has 0 fully saturated rings. The van der Waals surface area contributed by atoms with Crippen molar-refractivity contribution in [1.29, 1.82) is 0 Å². The van der Waals surface area contributed by atoms with Gasteiger partial charge in [-0.2, -0.15) is 11.8 Å². The molecule has 1 N–H and O–H groups in total. The zero-order chi connectivity index (χ0) is 12.9. The minimum absolute atomic E-state index is 0.748. The predicted octanol–water partition coefficient (Wildman–Crippen LogP) is 2.83. The van der Waals surface area contributed by atoms with Crippen LogP contribution in [-0.2, 0) is 12.2 Å². The Hall–Kier alpha value is -1.88. The first-order valence-corrected chi connectivity index (χ1v) is 7.33. The second kappa shape index (κ2) is 5.84. The maximum absolute atomic E-state index is 4.33. The highest BCUT2D eigenvalue weighted by atomic mass is 32.2. The van der Waals surface area contributed by atoms with Gasteiger partial charge in [-0.1, -0.05) is 30.3 Å². The average Bonchev–Trinajstić information content (AvgIpc) is 2.94. The molecule has 0 unspecified atom stereocenters. The fourth-order valence-electron chi connectivity index (χ4n) is 1.94. The summed E-state index contributed by atoms with van der Waals surface area (Å²) in [7, 11) is 0. The van der Waals surface area contributed by atoms with Crippen LogP contribution in [0.5, 0.6) is 0 Å². The lowest BCUT2D eigenvalue weighted by Crippen LogP contribution is -1.96. The molecule has 0 spiro atoms. The van der Waals surface area contributed by atoms with Crippen molar-refractivity contribution in [2.75, 3.05) is 5.75 Å². The Morgan fingerprint density at radius 3 is 2.84 bits per heavy atom. The Labute approximate surface area is 115 Å². The number of aromatic amines is 1. The smallest absolute Gasteiger partial charge is 0.180 e. The molecule has 0 radical (unpaired) electrons. The van der Waals surface area contributed by atoms with E-state index in [-0.39, 0.29) is 0 Å². The van der Waals surface area contributed by atoms with Crippen LogP contribution < -0.4 is 0 Å². The summed E-state index contributed by atoms with van der Waals surface area (Å²) in [5.74, 6) is 2.08. The number of aromatic nitrogens is 4. The lowest BCUT2D eigenvalue weighted by atomic mass is 10.2. The number of hydrogen-bond donors (Lipinski definition) is 1. The van der Waals surface area contributed by atoms with Crippen LogP contribution in [0.15, 0.2) is 43.0 Å². The lowest BCUT2D eigenvalue weighted by Gasteiger charge is -2.02. The van der Waals surface area contributed by atoms with Crippen molar-refractivity contribution >= 4 is 22.9 Å². The molecule has 2 heterocycles. The number of rotatable bonds is 5. The molecule has 3 rings (SSSR count). The highest BCUT2D eigenvalue weighted by Gasteiger charge is 2.05. The van der Waals surface area contributed by atoms with E-state index in [2.05, 4.69) is 44.2 Å². The number of thioether (sulfide) groups is 1. The molecule has 0 atom stereocenters. The van der Waals surface area contributed by atoms with Crippen LogP contribution in [0.3, 0.4) is 0 Å². The van der Waals surface area contributed by atoms with Gasteiger partial charge in [0.2, 0.25) is 0 Å². The van der Waals surface area contributed by atoms with Crippen LogP contribution in [0, 0.1) is 0 Å². The summed E-state index contributed by atoms with van der Waals surface area (Å²) < 4.78 is 0. The Morgan fingerprint density at radius 2 is 1.95 bits per heavy atom. The summed E-state index contributed by atoms with van der Waals surface area (Å²) in [5.41, 5.74) is 4.12. The normalized spacial score (nSPS) is 10.9. The van der Waals surface area contributed by atoms with Crippen LogP contribution in [0.1, 0.15) is 11.3 Å². The Kier molecular flexibility index (Phi) is 3.74. The van der Waals surface area contributed by atoms with E-state index in [1.165, 1.54) is 5.56 Å². The number of hydrogen-bond acceptors (Lipinski definition) is 4. The van der Waals surface area contributed by atoms with Gasteiger partial charge in [0.05, 0.1) is 12.0 Å². The summed E-state index contributed by atoms with van der Waals surface area (Å²) in [6.45, 7) is 0. The second-order valence-corrected chi connectivity index (χ2v) is 5.31. The van der Waals surface area contributed by atoms with Gasteiger partial charge in [-0.05, 0) is 11.3 Å². The van der Waals surface area contributed by atoms with Crippen LogP contribution in [0.25, 0.3) is 11.2 Å². The second-order valence-electron chi connectivity index (χ2n) is 4.21. The topological polar surface area (TPSA) is 54.5 Å². The first-order valence-electron chi connectivity index (χ1n) is 6.18. The molecule has 19 heavy (non-hydrogen) atoms. The van der Waals surface area contributed by atoms with Gasteiger partial charge in [0.15, 0.2) is 5.65 Å². The predicted molar refractivity (Wildman–Crippen MR) is 78.0 cm³/mol. The SMILES string of the molecule is c1ccc(CSCCc2ncnc3nc[nH]c23)cc1. The molecule has 1 aromatic carbocycles. The van der Waals surface area contributed by atoms with Gasteiger partial charge in [0.25, 0.3) is 0 Å². The van der Waals surface area contributed by atoms with Gasteiger partial charge in [-0.25, -0.2) is 15.0 Å². The minimum Gasteiger partial charge on any atom is -0.342 e. The molecule has 5 heteroatoms. The molecule has 0 aliphatic heterocycles. The monoisotopic (exact) mass is 270 g/mol. The van der Waals surface area contributed by atoms with Crippen LogP contribution in [0.2, 0.25) is 0 Å². The fourth-order valence-corrected chi connectivity index (χ4v) is 2.85. The maximum Gasteiger partial charge on any atom is 0.180 e. The number of aryl methyl sites for hydroxylation is 1. The number of fused-ring (bicyclic) bond motifs is 1. The van der Waals surface area contributed by atoms with Crippen molar-refractivity contribution in [3.8, 4) is 0 Å². The molecule has 2 aromatic heterocycles. The zero-order valence-corrected chi connectivity index (χ0v) is 11.2. The third kappa shape index (κ3) is 2.93. The van der Waals surface area contributed by atoms with Gasteiger partial charge in [-0.15, -0.1) is 0 Å². The third-order valence-electron chi connectivity index (χ3n) is 2.90. The maximum atomic E-state index is 4.33. The summed E-state index contributed by atoms with van der Waals surface area (Å²) >= 11 is 1.92. The summed E-state index contributed by atoms with van der Waals surface area (Å²) in [5, 5.41) is 0. The van der Waals surface area contributed by atoms with E-state index in [1.807, 2.05) is 17.8 Å². The molecular weight excluding hydrogens is 256 g/mol. The number of benzene rings is 1. The van der Waals surface area contributed by atoms with Crippen molar-refractivity contribution in [3.05, 3.63) is 54.2 Å². The fraction of sp³-hybridized carbons (Fsp3) is 0.214. The van der Waals surface area contributed by atoms with Gasteiger partial charge in [0.1, 0.15) is 11.8 Å². The molecule has 0 saturated carbocycles. The first-order chi connectivity index (χ1) is 9.43. The van der Waals surface area contributed by atoms with Crippen molar-refractivity contribution < 1.29 is 0 Å². The molecule has 0 aliphatic carbocycles. The summed E-state index contributed by atoms with van der Waals surface area (Å²) in [6, 6.07) is 10.5. The molecule has 0 saturated heterocycles. The van der Waals surface area contributed by atoms with Crippen LogP contribution in [-0.4, -0.2) is 25.7 Å². The summed E-state index contributed by atoms with van der Waals surface area (Å²) in [4.78, 5) is 15.7. The van der Waals surface area contributed by atoms with Gasteiger partial charge in [0, 0.05) is 12.2 Å². The van der Waals surface area contributed by atoms with Crippen molar-refractivity contribution in [2.45, 2.75) is 12.2 Å². The average molecular weight is 270 g/mol. The van der Waals surface area contributed by atoms with Crippen molar-refractivity contribution in [2.24, 2.45) is 0 Å². The van der Waals surface area contributed by atoms with Crippen molar-refractivity contribution in [3.63, 3.8) is 0 Å². The zero-order valence-electron chi connectivity index (χ0n) is 10.4.